The zero-order chi connectivity index (χ0) is 28.0. The quantitative estimate of drug-likeness (QED) is 0.205. The van der Waals surface area contributed by atoms with Crippen LogP contribution < -0.4 is 0 Å². The summed E-state index contributed by atoms with van der Waals surface area (Å²) in [6.45, 7) is 13.5. The van der Waals surface area contributed by atoms with E-state index in [-0.39, 0.29) is 0 Å². The van der Waals surface area contributed by atoms with Crippen LogP contribution in [0, 0.1) is 34.6 Å². The maximum Gasteiger partial charge on any atom is 0.0541 e. The van der Waals surface area contributed by atoms with Crippen LogP contribution in [0.2, 0.25) is 0 Å². The number of hydrogen-bond acceptors (Lipinski definition) is 0. The van der Waals surface area contributed by atoms with E-state index in [1.807, 2.05) is 0 Å². The van der Waals surface area contributed by atoms with Gasteiger partial charge in [0.15, 0.2) is 0 Å². The third kappa shape index (κ3) is 4.54. The van der Waals surface area contributed by atoms with Gasteiger partial charge < -0.3 is 4.57 Å². The lowest BCUT2D eigenvalue weighted by atomic mass is 9.91. The minimum atomic E-state index is 1.16. The zero-order valence-electron chi connectivity index (χ0n) is 24.7. The molecule has 0 aliphatic rings. The first-order chi connectivity index (χ1) is 19.4. The largest absolute Gasteiger partial charge is 0.309 e. The summed E-state index contributed by atoms with van der Waals surface area (Å²) >= 11 is 0. The molecule has 6 aromatic rings. The highest BCUT2D eigenvalue weighted by Gasteiger charge is 2.17. The third-order valence-corrected chi connectivity index (χ3v) is 8.45. The molecule has 0 bridgehead atoms. The Balaban J connectivity index is 1.61. The van der Waals surface area contributed by atoms with Gasteiger partial charge in [-0.05, 0) is 134 Å². The second kappa shape index (κ2) is 10.5. The molecule has 0 radical (unpaired) electrons. The molecule has 0 spiro atoms. The van der Waals surface area contributed by atoms with Crippen LogP contribution >= 0.6 is 0 Å². The smallest absolute Gasteiger partial charge is 0.0541 e. The van der Waals surface area contributed by atoms with Crippen LogP contribution in [0.3, 0.4) is 0 Å². The average molecular weight is 522 g/mol. The van der Waals surface area contributed by atoms with E-state index in [0.29, 0.717) is 0 Å². The van der Waals surface area contributed by atoms with Gasteiger partial charge in [0, 0.05) is 16.5 Å². The van der Waals surface area contributed by atoms with Gasteiger partial charge in [-0.15, -0.1) is 0 Å². The Morgan fingerprint density at radius 2 is 1.05 bits per heavy atom. The Hall–Kier alpha value is -4.10. The molecule has 0 fully saturated rings. The van der Waals surface area contributed by atoms with E-state index in [9.17, 15) is 0 Å². The minimum Gasteiger partial charge on any atom is -0.309 e. The second-order valence-electron chi connectivity index (χ2n) is 11.6. The van der Waals surface area contributed by atoms with Crippen molar-refractivity contribution in [3.63, 3.8) is 0 Å². The van der Waals surface area contributed by atoms with Gasteiger partial charge in [-0.1, -0.05) is 73.5 Å². The first kappa shape index (κ1) is 26.1. The molecule has 0 N–H and O–H groups in total. The molecule has 0 unspecified atom stereocenters. The fourth-order valence-corrected chi connectivity index (χ4v) is 6.86. The molecular weight excluding hydrogens is 482 g/mol. The van der Waals surface area contributed by atoms with Gasteiger partial charge in [0.05, 0.1) is 11.0 Å². The zero-order valence-corrected chi connectivity index (χ0v) is 24.7. The Bertz CT molecular complexity index is 1820. The lowest BCUT2D eigenvalue weighted by Gasteiger charge is -2.14. The van der Waals surface area contributed by atoms with Crippen molar-refractivity contribution in [1.29, 1.82) is 0 Å². The number of benzene rings is 5. The van der Waals surface area contributed by atoms with Gasteiger partial charge in [-0.3, -0.25) is 0 Å². The van der Waals surface area contributed by atoms with Crippen LogP contribution in [-0.4, -0.2) is 4.57 Å². The van der Waals surface area contributed by atoms with Gasteiger partial charge >= 0.3 is 0 Å². The summed E-state index contributed by atoms with van der Waals surface area (Å²) in [4.78, 5) is 0. The van der Waals surface area contributed by atoms with Crippen LogP contribution in [0.4, 0.5) is 0 Å². The number of nitrogens with zero attached hydrogens (tertiary/aromatic N) is 1. The summed E-state index contributed by atoms with van der Waals surface area (Å²) in [6, 6.07) is 34.3. The number of para-hydroxylation sites is 1. The van der Waals surface area contributed by atoms with Crippen molar-refractivity contribution in [2.24, 2.45) is 0 Å². The van der Waals surface area contributed by atoms with Crippen LogP contribution in [-0.2, 0) is 6.42 Å². The number of rotatable bonds is 6. The van der Waals surface area contributed by atoms with Gasteiger partial charge in [-0.25, -0.2) is 0 Å². The van der Waals surface area contributed by atoms with Crippen molar-refractivity contribution in [3.05, 3.63) is 124 Å². The molecule has 5 aromatic carbocycles. The molecule has 1 aromatic heterocycles. The van der Waals surface area contributed by atoms with E-state index in [1.54, 1.807) is 0 Å². The van der Waals surface area contributed by atoms with Crippen molar-refractivity contribution < 1.29 is 0 Å². The SMILES string of the molecule is CCCCc1cc(C)c(-c2ccc3c(c2)c2cc(-c4c(C)cc(C)cc4C)ccc2n3-c2ccccc2)c(C)c1. The molecule has 0 saturated carbocycles. The molecule has 200 valence electrons. The van der Waals surface area contributed by atoms with E-state index in [2.05, 4.69) is 137 Å². The average Bonchev–Trinajstić information content (AvgIpc) is 3.25. The normalized spacial score (nSPS) is 11.6. The van der Waals surface area contributed by atoms with Gasteiger partial charge in [0.25, 0.3) is 0 Å². The summed E-state index contributed by atoms with van der Waals surface area (Å²) in [5.74, 6) is 0. The first-order valence-corrected chi connectivity index (χ1v) is 14.7. The number of fused-ring (bicyclic) bond motifs is 3. The van der Waals surface area contributed by atoms with Gasteiger partial charge in [0.1, 0.15) is 0 Å². The van der Waals surface area contributed by atoms with Crippen LogP contribution in [0.15, 0.2) is 91.0 Å². The lowest BCUT2D eigenvalue weighted by molar-refractivity contribution is 0.794. The Morgan fingerprint density at radius 1 is 0.550 bits per heavy atom. The van der Waals surface area contributed by atoms with Gasteiger partial charge in [-0.2, -0.15) is 0 Å². The van der Waals surface area contributed by atoms with Crippen molar-refractivity contribution in [3.8, 4) is 27.9 Å². The van der Waals surface area contributed by atoms with E-state index in [4.69, 9.17) is 0 Å². The summed E-state index contributed by atoms with van der Waals surface area (Å²) < 4.78 is 2.42. The van der Waals surface area contributed by atoms with E-state index >= 15 is 0 Å². The molecule has 0 aliphatic carbocycles. The van der Waals surface area contributed by atoms with Crippen LogP contribution in [0.25, 0.3) is 49.7 Å². The Morgan fingerprint density at radius 3 is 1.55 bits per heavy atom. The highest BCUT2D eigenvalue weighted by atomic mass is 15.0. The maximum atomic E-state index is 2.43. The van der Waals surface area contributed by atoms with Crippen molar-refractivity contribution in [1.82, 2.24) is 4.57 Å². The number of unbranched alkanes of at least 4 members (excludes halogenated alkanes) is 1. The van der Waals surface area contributed by atoms with Crippen molar-refractivity contribution in [2.75, 3.05) is 0 Å². The molecule has 6 rings (SSSR count). The van der Waals surface area contributed by atoms with E-state index in [0.717, 1.165) is 6.42 Å². The number of aromatic nitrogens is 1. The lowest BCUT2D eigenvalue weighted by Crippen LogP contribution is -1.95. The fourth-order valence-electron chi connectivity index (χ4n) is 6.86. The van der Waals surface area contributed by atoms with E-state index in [1.165, 1.54) is 96.0 Å². The topological polar surface area (TPSA) is 4.93 Å². The fraction of sp³-hybridized carbons (Fsp3) is 0.231. The Labute approximate surface area is 239 Å². The molecule has 40 heavy (non-hydrogen) atoms. The predicted octanol–water partition coefficient (Wildman–Crippen LogP) is 11.0. The van der Waals surface area contributed by atoms with Crippen LogP contribution in [0.1, 0.15) is 53.1 Å². The van der Waals surface area contributed by atoms with Crippen molar-refractivity contribution >= 4 is 21.8 Å². The summed E-state index contributed by atoms with van der Waals surface area (Å²) in [5.41, 5.74) is 17.1. The molecular formula is C39H39N. The predicted molar refractivity (Wildman–Crippen MR) is 174 cm³/mol. The first-order valence-electron chi connectivity index (χ1n) is 14.7. The molecule has 0 aliphatic heterocycles. The molecule has 1 nitrogen and oxygen atoms in total. The number of aryl methyl sites for hydroxylation is 6. The molecule has 0 saturated heterocycles. The van der Waals surface area contributed by atoms with E-state index < -0.39 is 0 Å². The minimum absolute atomic E-state index is 1.16. The summed E-state index contributed by atoms with van der Waals surface area (Å²) in [6.07, 6.45) is 3.62. The Kier molecular flexibility index (Phi) is 6.84. The summed E-state index contributed by atoms with van der Waals surface area (Å²) in [5, 5.41) is 2.60. The third-order valence-electron chi connectivity index (χ3n) is 8.45. The standard InChI is InChI=1S/C39H39N/c1-7-8-12-30-21-28(5)39(29(6)22-30)32-16-18-37-35(24-32)34-23-31(38-26(3)19-25(2)20-27(38)4)15-17-36(34)40(37)33-13-10-9-11-14-33/h9-11,13-24H,7-8,12H2,1-6H3. The van der Waals surface area contributed by atoms with Crippen molar-refractivity contribution in [2.45, 2.75) is 60.8 Å². The molecule has 0 atom stereocenters. The highest BCUT2D eigenvalue weighted by Crippen LogP contribution is 2.39. The highest BCUT2D eigenvalue weighted by molar-refractivity contribution is 6.11. The molecule has 1 heterocycles. The van der Waals surface area contributed by atoms with Gasteiger partial charge in [0.2, 0.25) is 0 Å². The monoisotopic (exact) mass is 521 g/mol. The molecule has 0 amide bonds. The summed E-state index contributed by atoms with van der Waals surface area (Å²) in [7, 11) is 0. The van der Waals surface area contributed by atoms with Crippen LogP contribution in [0.5, 0.6) is 0 Å². The second-order valence-corrected chi connectivity index (χ2v) is 11.6. The number of hydrogen-bond donors (Lipinski definition) is 0. The maximum absolute atomic E-state index is 2.43. The molecule has 1 heteroatoms.